The van der Waals surface area contributed by atoms with Gasteiger partial charge in [-0.2, -0.15) is 0 Å². The number of fused-ring (bicyclic) bond motifs is 1. The lowest BCUT2D eigenvalue weighted by molar-refractivity contribution is -0.119. The molecule has 0 atom stereocenters. The smallest absolute Gasteiger partial charge is 0.234 e. The Morgan fingerprint density at radius 3 is 2.75 bits per heavy atom. The molecule has 0 saturated carbocycles. The van der Waals surface area contributed by atoms with E-state index in [9.17, 15) is 9.59 Å². The van der Waals surface area contributed by atoms with Crippen molar-refractivity contribution >= 4 is 33.3 Å². The Morgan fingerprint density at radius 1 is 1.44 bits per heavy atom. The highest BCUT2D eigenvalue weighted by molar-refractivity contribution is 9.09. The number of carbonyl (C=O) groups excluding carboxylic acids is 2. The number of alkyl halides is 1. The monoisotopic (exact) mass is 281 g/mol. The van der Waals surface area contributed by atoms with Crippen molar-refractivity contribution in [2.24, 2.45) is 0 Å². The Labute approximate surface area is 102 Å². The maximum absolute atomic E-state index is 11.7. The number of benzene rings is 1. The van der Waals surface area contributed by atoms with Crippen molar-refractivity contribution in [3.63, 3.8) is 0 Å². The van der Waals surface area contributed by atoms with Gasteiger partial charge in [0.05, 0.1) is 10.7 Å². The Kier molecular flexibility index (Phi) is 2.62. The summed E-state index contributed by atoms with van der Waals surface area (Å²) in [4.78, 5) is 23.3. The highest BCUT2D eigenvalue weighted by Gasteiger charge is 2.38. The first-order chi connectivity index (χ1) is 7.46. The van der Waals surface area contributed by atoms with Gasteiger partial charge in [0.15, 0.2) is 5.78 Å². The highest BCUT2D eigenvalue weighted by atomic mass is 79.9. The zero-order valence-corrected chi connectivity index (χ0v) is 10.7. The molecule has 0 fully saturated rings. The van der Waals surface area contributed by atoms with Crippen LogP contribution in [-0.4, -0.2) is 17.0 Å². The predicted octanol–water partition coefficient (Wildman–Crippen LogP) is 2.49. The number of carbonyl (C=O) groups is 2. The molecule has 0 saturated heterocycles. The van der Waals surface area contributed by atoms with E-state index >= 15 is 0 Å². The summed E-state index contributed by atoms with van der Waals surface area (Å²) in [6.07, 6.45) is 0. The van der Waals surface area contributed by atoms with Gasteiger partial charge in [-0.1, -0.05) is 15.9 Å². The number of amides is 1. The summed E-state index contributed by atoms with van der Waals surface area (Å²) in [5.74, 6) is 0.00360. The van der Waals surface area contributed by atoms with Crippen molar-refractivity contribution in [3.8, 4) is 0 Å². The van der Waals surface area contributed by atoms with Gasteiger partial charge in [0.1, 0.15) is 0 Å². The van der Waals surface area contributed by atoms with Crippen LogP contribution in [0.15, 0.2) is 18.2 Å². The summed E-state index contributed by atoms with van der Waals surface area (Å²) in [6, 6.07) is 5.33. The average molecular weight is 282 g/mol. The van der Waals surface area contributed by atoms with Crippen LogP contribution in [0.4, 0.5) is 5.69 Å². The molecule has 16 heavy (non-hydrogen) atoms. The molecule has 0 bridgehead atoms. The second-order valence-electron chi connectivity index (χ2n) is 4.40. The summed E-state index contributed by atoms with van der Waals surface area (Å²) in [5.41, 5.74) is 1.78. The number of hydrogen-bond acceptors (Lipinski definition) is 2. The zero-order valence-electron chi connectivity index (χ0n) is 9.13. The van der Waals surface area contributed by atoms with Gasteiger partial charge in [0.25, 0.3) is 0 Å². The summed E-state index contributed by atoms with van der Waals surface area (Å²) >= 11 is 3.14. The third kappa shape index (κ3) is 1.57. The molecule has 1 aromatic carbocycles. The molecule has 1 N–H and O–H groups in total. The van der Waals surface area contributed by atoms with E-state index in [1.807, 2.05) is 13.8 Å². The normalized spacial score (nSPS) is 16.8. The second kappa shape index (κ2) is 3.70. The summed E-state index contributed by atoms with van der Waals surface area (Å²) in [6.45, 7) is 3.72. The van der Waals surface area contributed by atoms with E-state index in [-0.39, 0.29) is 11.7 Å². The molecule has 0 aliphatic carbocycles. The SMILES string of the molecule is CC1(C)C(=O)Nc2ccc(C(=O)CBr)cc21. The average Bonchev–Trinajstić information content (AvgIpc) is 2.49. The van der Waals surface area contributed by atoms with Crippen LogP contribution in [0.1, 0.15) is 29.8 Å². The van der Waals surface area contributed by atoms with Crippen LogP contribution < -0.4 is 5.32 Å². The van der Waals surface area contributed by atoms with Crippen LogP contribution in [0.2, 0.25) is 0 Å². The van der Waals surface area contributed by atoms with Crippen LogP contribution in [-0.2, 0) is 10.2 Å². The minimum absolute atomic E-state index is 0.0223. The van der Waals surface area contributed by atoms with E-state index < -0.39 is 5.41 Å². The molecule has 1 aromatic rings. The zero-order chi connectivity index (χ0) is 11.9. The summed E-state index contributed by atoms with van der Waals surface area (Å²) in [5, 5.41) is 3.11. The lowest BCUT2D eigenvalue weighted by Gasteiger charge is -2.15. The van der Waals surface area contributed by atoms with Crippen LogP contribution >= 0.6 is 15.9 Å². The Bertz CT molecular complexity index is 480. The Hall–Kier alpha value is -1.16. The van der Waals surface area contributed by atoms with Gasteiger partial charge in [0.2, 0.25) is 5.91 Å². The third-order valence-corrected chi connectivity index (χ3v) is 3.46. The van der Waals surface area contributed by atoms with E-state index in [0.717, 1.165) is 11.3 Å². The van der Waals surface area contributed by atoms with Crippen LogP contribution in [0.3, 0.4) is 0 Å². The molecule has 0 unspecified atom stereocenters. The highest BCUT2D eigenvalue weighted by Crippen LogP contribution is 2.37. The number of nitrogens with one attached hydrogen (secondary N) is 1. The first-order valence-electron chi connectivity index (χ1n) is 5.02. The topological polar surface area (TPSA) is 46.2 Å². The van der Waals surface area contributed by atoms with Crippen LogP contribution in [0, 0.1) is 0 Å². The molecule has 1 aliphatic rings. The fraction of sp³-hybridized carbons (Fsp3) is 0.333. The number of hydrogen-bond donors (Lipinski definition) is 1. The molecule has 0 radical (unpaired) electrons. The van der Waals surface area contributed by atoms with E-state index in [1.165, 1.54) is 0 Å². The van der Waals surface area contributed by atoms with E-state index in [2.05, 4.69) is 21.2 Å². The van der Waals surface area contributed by atoms with Crippen molar-refractivity contribution in [2.45, 2.75) is 19.3 Å². The first kappa shape index (κ1) is 11.3. The predicted molar refractivity (Wildman–Crippen MR) is 66.2 cm³/mol. The Morgan fingerprint density at radius 2 is 2.12 bits per heavy atom. The fourth-order valence-electron chi connectivity index (χ4n) is 1.82. The molecule has 84 valence electrons. The molecule has 2 rings (SSSR count). The largest absolute Gasteiger partial charge is 0.325 e. The van der Waals surface area contributed by atoms with E-state index in [4.69, 9.17) is 0 Å². The minimum atomic E-state index is -0.558. The van der Waals surface area contributed by atoms with Crippen molar-refractivity contribution in [2.75, 3.05) is 10.6 Å². The number of ketones is 1. The molecule has 0 spiro atoms. The van der Waals surface area contributed by atoms with Gasteiger partial charge in [-0.25, -0.2) is 0 Å². The lowest BCUT2D eigenvalue weighted by atomic mass is 9.85. The molecule has 0 aromatic heterocycles. The Balaban J connectivity index is 2.52. The number of rotatable bonds is 2. The van der Waals surface area contributed by atoms with Gasteiger partial charge >= 0.3 is 0 Å². The van der Waals surface area contributed by atoms with Gasteiger partial charge < -0.3 is 5.32 Å². The molecule has 1 amide bonds. The van der Waals surface area contributed by atoms with Gasteiger partial charge in [0, 0.05) is 11.3 Å². The van der Waals surface area contributed by atoms with Crippen molar-refractivity contribution in [1.82, 2.24) is 0 Å². The van der Waals surface area contributed by atoms with Crippen LogP contribution in [0.25, 0.3) is 0 Å². The number of anilines is 1. The maximum atomic E-state index is 11.7. The van der Waals surface area contributed by atoms with Gasteiger partial charge in [-0.05, 0) is 37.6 Å². The quantitative estimate of drug-likeness (QED) is 0.669. The second-order valence-corrected chi connectivity index (χ2v) is 4.96. The lowest BCUT2D eigenvalue weighted by Crippen LogP contribution is -2.27. The standard InChI is InChI=1S/C12H12BrNO2/c1-12(2)8-5-7(10(15)6-13)3-4-9(8)14-11(12)16/h3-5H,6H2,1-2H3,(H,14,16). The molecule has 1 aliphatic heterocycles. The van der Waals surface area contributed by atoms with Gasteiger partial charge in [-0.3, -0.25) is 9.59 Å². The van der Waals surface area contributed by atoms with Crippen molar-refractivity contribution < 1.29 is 9.59 Å². The maximum Gasteiger partial charge on any atom is 0.234 e. The molecular weight excluding hydrogens is 270 g/mol. The van der Waals surface area contributed by atoms with E-state index in [0.29, 0.717) is 10.9 Å². The minimum Gasteiger partial charge on any atom is -0.325 e. The fourth-order valence-corrected chi connectivity index (χ4v) is 2.15. The van der Waals surface area contributed by atoms with Crippen LogP contribution in [0.5, 0.6) is 0 Å². The van der Waals surface area contributed by atoms with Gasteiger partial charge in [-0.15, -0.1) is 0 Å². The molecular formula is C12H12BrNO2. The molecule has 4 heteroatoms. The summed E-state index contributed by atoms with van der Waals surface area (Å²) < 4.78 is 0. The number of halogens is 1. The van der Waals surface area contributed by atoms with Crippen molar-refractivity contribution in [1.29, 1.82) is 0 Å². The summed E-state index contributed by atoms with van der Waals surface area (Å²) in [7, 11) is 0. The number of Topliss-reactive ketones (excluding diaryl/α,β-unsaturated/α-hetero) is 1. The van der Waals surface area contributed by atoms with Crippen molar-refractivity contribution in [3.05, 3.63) is 29.3 Å². The third-order valence-electron chi connectivity index (χ3n) is 2.95. The first-order valence-corrected chi connectivity index (χ1v) is 6.14. The van der Waals surface area contributed by atoms with E-state index in [1.54, 1.807) is 18.2 Å². The molecule has 3 nitrogen and oxygen atoms in total. The molecule has 1 heterocycles.